The molecule has 0 aliphatic rings. The van der Waals surface area contributed by atoms with Gasteiger partial charge in [-0.25, -0.2) is 18.1 Å². The van der Waals surface area contributed by atoms with Gasteiger partial charge in [-0.2, -0.15) is 0 Å². The fraction of sp³-hybridized carbons (Fsp3) is 0.368. The lowest BCUT2D eigenvalue weighted by Gasteiger charge is -2.19. The van der Waals surface area contributed by atoms with Crippen molar-refractivity contribution in [3.05, 3.63) is 59.3 Å². The lowest BCUT2D eigenvalue weighted by molar-refractivity contribution is -0.122. The van der Waals surface area contributed by atoms with Crippen LogP contribution in [0.5, 0.6) is 0 Å². The van der Waals surface area contributed by atoms with Crippen molar-refractivity contribution in [2.45, 2.75) is 39.3 Å². The molecule has 2 rings (SSSR count). The molecule has 0 fully saturated rings. The van der Waals surface area contributed by atoms with E-state index in [0.717, 1.165) is 16.7 Å². The predicted octanol–water partition coefficient (Wildman–Crippen LogP) is 1.53. The quantitative estimate of drug-likeness (QED) is 0.601. The van der Waals surface area contributed by atoms with Crippen molar-refractivity contribution < 1.29 is 13.2 Å². The molecule has 27 heavy (non-hydrogen) atoms. The van der Waals surface area contributed by atoms with Gasteiger partial charge in [0.05, 0.1) is 5.75 Å². The van der Waals surface area contributed by atoms with E-state index in [-0.39, 0.29) is 24.6 Å². The molecule has 0 saturated heterocycles. The number of nitrogen functional groups attached to an aromatic ring is 1. The van der Waals surface area contributed by atoms with Crippen molar-refractivity contribution in [3.8, 4) is 0 Å². The molecule has 0 aliphatic heterocycles. The zero-order chi connectivity index (χ0) is 19.9. The molecule has 1 aromatic heterocycles. The van der Waals surface area contributed by atoms with Gasteiger partial charge in [0.25, 0.3) is 0 Å². The van der Waals surface area contributed by atoms with Gasteiger partial charge in [0, 0.05) is 12.7 Å². The van der Waals surface area contributed by atoms with Gasteiger partial charge >= 0.3 is 0 Å². The van der Waals surface area contributed by atoms with Gasteiger partial charge in [-0.05, 0) is 37.0 Å². The smallest absolute Gasteiger partial charge is 0.238 e. The van der Waals surface area contributed by atoms with Crippen LogP contribution in [0.3, 0.4) is 0 Å². The van der Waals surface area contributed by atoms with E-state index in [1.807, 2.05) is 31.2 Å². The number of carbonyl (C=O) groups is 1. The molecule has 1 atom stereocenters. The molecule has 1 amide bonds. The fourth-order valence-corrected chi connectivity index (χ4v) is 3.94. The Balaban J connectivity index is 2.11. The fourth-order valence-electron chi connectivity index (χ4n) is 2.66. The van der Waals surface area contributed by atoms with Crippen molar-refractivity contribution in [1.29, 1.82) is 0 Å². The second-order valence-corrected chi connectivity index (χ2v) is 8.37. The maximum absolute atomic E-state index is 12.7. The maximum Gasteiger partial charge on any atom is 0.238 e. The standard InChI is InChI=1S/C19H26N4O3S/c1-3-9-27(25,26)23-17(11-15-6-4-5-14(2)10-15)19(24)22-13-16-7-8-18(20)21-12-16/h4-8,10,12,17,23H,3,9,11,13H2,1-2H3,(H2,20,21)(H,22,24)/t17-/m0/s1. The molecule has 0 spiro atoms. The number of carbonyl (C=O) groups excluding carboxylic acids is 1. The summed E-state index contributed by atoms with van der Waals surface area (Å²) < 4.78 is 26.9. The minimum atomic E-state index is -3.53. The number of hydrogen-bond donors (Lipinski definition) is 3. The highest BCUT2D eigenvalue weighted by Gasteiger charge is 2.24. The Morgan fingerprint density at radius 1 is 1.22 bits per heavy atom. The van der Waals surface area contributed by atoms with Gasteiger partial charge in [0.15, 0.2) is 0 Å². The molecule has 146 valence electrons. The number of benzene rings is 1. The summed E-state index contributed by atoms with van der Waals surface area (Å²) in [5.41, 5.74) is 8.28. The zero-order valence-corrected chi connectivity index (χ0v) is 16.4. The summed E-state index contributed by atoms with van der Waals surface area (Å²) in [5, 5.41) is 2.77. The number of nitrogens with zero attached hydrogens (tertiary/aromatic N) is 1. The molecule has 0 saturated carbocycles. The van der Waals surface area contributed by atoms with Crippen LogP contribution in [0.4, 0.5) is 5.82 Å². The molecular formula is C19H26N4O3S. The van der Waals surface area contributed by atoms with Gasteiger partial charge in [-0.1, -0.05) is 42.8 Å². The van der Waals surface area contributed by atoms with Crippen LogP contribution in [0, 0.1) is 6.92 Å². The first-order valence-corrected chi connectivity index (χ1v) is 10.5. The number of aromatic nitrogens is 1. The molecule has 7 nitrogen and oxygen atoms in total. The lowest BCUT2D eigenvalue weighted by Crippen LogP contribution is -2.48. The van der Waals surface area contributed by atoms with Gasteiger partial charge < -0.3 is 11.1 Å². The Kier molecular flexibility index (Phi) is 7.32. The average Bonchev–Trinajstić information content (AvgIpc) is 2.60. The van der Waals surface area contributed by atoms with Crippen molar-refractivity contribution in [1.82, 2.24) is 15.0 Å². The molecule has 0 radical (unpaired) electrons. The third kappa shape index (κ3) is 6.99. The molecule has 8 heteroatoms. The number of rotatable bonds is 9. The van der Waals surface area contributed by atoms with E-state index >= 15 is 0 Å². The lowest BCUT2D eigenvalue weighted by atomic mass is 10.0. The molecule has 4 N–H and O–H groups in total. The van der Waals surface area contributed by atoms with Gasteiger partial charge in [0.1, 0.15) is 11.9 Å². The number of hydrogen-bond acceptors (Lipinski definition) is 5. The molecule has 1 heterocycles. The largest absolute Gasteiger partial charge is 0.384 e. The van der Waals surface area contributed by atoms with Crippen molar-refractivity contribution in [2.24, 2.45) is 0 Å². The third-order valence-electron chi connectivity index (χ3n) is 3.95. The molecule has 2 aromatic rings. The number of amides is 1. The monoisotopic (exact) mass is 390 g/mol. The molecular weight excluding hydrogens is 364 g/mol. The van der Waals surface area contributed by atoms with E-state index in [1.54, 1.807) is 25.3 Å². The van der Waals surface area contributed by atoms with Crippen LogP contribution in [0.25, 0.3) is 0 Å². The normalized spacial score (nSPS) is 12.5. The number of anilines is 1. The van der Waals surface area contributed by atoms with E-state index < -0.39 is 16.1 Å². The molecule has 1 aromatic carbocycles. The van der Waals surface area contributed by atoms with E-state index in [2.05, 4.69) is 15.0 Å². The zero-order valence-electron chi connectivity index (χ0n) is 15.6. The van der Waals surface area contributed by atoms with Crippen molar-refractivity contribution in [3.63, 3.8) is 0 Å². The van der Waals surface area contributed by atoms with E-state index in [4.69, 9.17) is 5.73 Å². The van der Waals surface area contributed by atoms with Crippen LogP contribution in [0.2, 0.25) is 0 Å². The van der Waals surface area contributed by atoms with Gasteiger partial charge in [-0.3, -0.25) is 4.79 Å². The van der Waals surface area contributed by atoms with Crippen molar-refractivity contribution in [2.75, 3.05) is 11.5 Å². The molecule has 0 bridgehead atoms. The highest BCUT2D eigenvalue weighted by atomic mass is 32.2. The summed E-state index contributed by atoms with van der Waals surface area (Å²) in [5.74, 6) is -0.00493. The minimum absolute atomic E-state index is 0.0213. The van der Waals surface area contributed by atoms with Crippen LogP contribution >= 0.6 is 0 Å². The topological polar surface area (TPSA) is 114 Å². The Morgan fingerprint density at radius 2 is 2.00 bits per heavy atom. The predicted molar refractivity (Wildman–Crippen MR) is 106 cm³/mol. The average molecular weight is 391 g/mol. The summed E-state index contributed by atoms with van der Waals surface area (Å²) in [4.78, 5) is 16.6. The first-order valence-electron chi connectivity index (χ1n) is 8.82. The summed E-state index contributed by atoms with van der Waals surface area (Å²) in [6.45, 7) is 3.98. The van der Waals surface area contributed by atoms with Crippen molar-refractivity contribution >= 4 is 21.7 Å². The van der Waals surface area contributed by atoms with Crippen LogP contribution in [-0.2, 0) is 27.8 Å². The number of pyridine rings is 1. The number of nitrogens with two attached hydrogens (primary N) is 1. The summed E-state index contributed by atoms with van der Waals surface area (Å²) in [6.07, 6.45) is 2.33. The van der Waals surface area contributed by atoms with E-state index in [9.17, 15) is 13.2 Å². The molecule has 0 aliphatic carbocycles. The second kappa shape index (κ2) is 9.48. The Hall–Kier alpha value is -2.45. The third-order valence-corrected chi connectivity index (χ3v) is 5.54. The second-order valence-electron chi connectivity index (χ2n) is 6.49. The number of sulfonamides is 1. The number of aryl methyl sites for hydroxylation is 1. The van der Waals surface area contributed by atoms with Gasteiger partial charge in [-0.15, -0.1) is 0 Å². The Bertz CT molecular complexity index is 867. The van der Waals surface area contributed by atoms with Gasteiger partial charge in [0.2, 0.25) is 15.9 Å². The summed E-state index contributed by atoms with van der Waals surface area (Å²) in [7, 11) is -3.53. The maximum atomic E-state index is 12.7. The Morgan fingerprint density at radius 3 is 2.63 bits per heavy atom. The minimum Gasteiger partial charge on any atom is -0.384 e. The van der Waals surface area contributed by atoms with Crippen LogP contribution < -0.4 is 15.8 Å². The van der Waals surface area contributed by atoms with Crippen LogP contribution in [0.1, 0.15) is 30.0 Å². The first-order chi connectivity index (χ1) is 12.8. The van der Waals surface area contributed by atoms with Crippen LogP contribution in [0.15, 0.2) is 42.6 Å². The highest BCUT2D eigenvalue weighted by Crippen LogP contribution is 2.09. The molecule has 0 unspecified atom stereocenters. The SMILES string of the molecule is CCCS(=O)(=O)N[C@@H](Cc1cccc(C)c1)C(=O)NCc1ccc(N)nc1. The summed E-state index contributed by atoms with van der Waals surface area (Å²) >= 11 is 0. The van der Waals surface area contributed by atoms with Crippen LogP contribution in [-0.4, -0.2) is 31.1 Å². The van der Waals surface area contributed by atoms with E-state index in [1.165, 1.54) is 0 Å². The Labute approximate surface area is 160 Å². The highest BCUT2D eigenvalue weighted by molar-refractivity contribution is 7.89. The first kappa shape index (κ1) is 20.9. The van der Waals surface area contributed by atoms with E-state index in [0.29, 0.717) is 12.2 Å². The number of nitrogens with one attached hydrogen (secondary N) is 2. The summed E-state index contributed by atoms with van der Waals surface area (Å²) in [6, 6.07) is 10.2.